The maximum atomic E-state index is 10.6. The molecule has 5 heteroatoms. The summed E-state index contributed by atoms with van der Waals surface area (Å²) in [5.74, 6) is -0.389. The number of carbonyl (C=O) groups excluding carboxylic acids is 2. The molecule has 144 valence electrons. The van der Waals surface area contributed by atoms with Gasteiger partial charge in [0.15, 0.2) is 0 Å². The van der Waals surface area contributed by atoms with Gasteiger partial charge < -0.3 is 15.7 Å². The average Bonchev–Trinajstić information content (AvgIpc) is 2.65. The topological polar surface area (TPSA) is 78.4 Å². The molecule has 0 radical (unpaired) electrons. The zero-order valence-corrected chi connectivity index (χ0v) is 16.3. The Morgan fingerprint density at radius 1 is 1.23 bits per heavy atom. The highest BCUT2D eigenvalue weighted by Gasteiger charge is 1.96. The van der Waals surface area contributed by atoms with E-state index in [0.29, 0.717) is 13.1 Å². The fourth-order valence-electron chi connectivity index (χ4n) is 1.58. The normalized spacial score (nSPS) is 9.12. The zero-order chi connectivity index (χ0) is 20.4. The second-order valence-electron chi connectivity index (χ2n) is 5.09. The number of hydrogen-bond donors (Lipinski definition) is 3. The minimum Gasteiger partial charge on any atom is -0.387 e. The standard InChI is InChI=1S/C10H13NO.C9H13NO2.C2H6/c1-8-4-3-5-10(6-8)7-11-9(2)12;1-3-4-5-8(2)6-10-9(12)7-11;1-2/h3-6H,7H2,1-2H3,(H,11,12);3-5,11H,1-2,6-7H2,(H,10,12);1-2H3/b;5-4-;. The van der Waals surface area contributed by atoms with Gasteiger partial charge in [0.2, 0.25) is 11.8 Å². The number of aryl methyl sites for hydroxylation is 1. The SMILES string of the molecule is C=C/C=C\C(=C)CNC(=O)CO.CC.CC(=O)NCc1cccc(C)c1. The predicted octanol–water partition coefficient (Wildman–Crippen LogP) is 3.05. The Morgan fingerprint density at radius 2 is 1.88 bits per heavy atom. The molecular formula is C21H32N2O3. The second kappa shape index (κ2) is 17.2. The maximum absolute atomic E-state index is 10.6. The molecule has 0 atom stereocenters. The lowest BCUT2D eigenvalue weighted by Crippen LogP contribution is -2.27. The molecule has 5 nitrogen and oxygen atoms in total. The van der Waals surface area contributed by atoms with E-state index in [1.165, 1.54) is 12.5 Å². The van der Waals surface area contributed by atoms with E-state index in [0.717, 1.165) is 11.1 Å². The molecule has 0 aliphatic heterocycles. The van der Waals surface area contributed by atoms with Crippen LogP contribution in [-0.4, -0.2) is 30.1 Å². The van der Waals surface area contributed by atoms with Gasteiger partial charge in [0.1, 0.15) is 6.61 Å². The van der Waals surface area contributed by atoms with Crippen LogP contribution in [0, 0.1) is 6.92 Å². The van der Waals surface area contributed by atoms with Gasteiger partial charge in [-0.2, -0.15) is 0 Å². The van der Waals surface area contributed by atoms with Gasteiger partial charge >= 0.3 is 0 Å². The maximum Gasteiger partial charge on any atom is 0.245 e. The summed E-state index contributed by atoms with van der Waals surface area (Å²) in [6.07, 6.45) is 5.09. The first-order chi connectivity index (χ1) is 12.4. The molecule has 0 saturated heterocycles. The Bertz CT molecular complexity index is 593. The van der Waals surface area contributed by atoms with Gasteiger partial charge in [-0.15, -0.1) is 0 Å². The summed E-state index contributed by atoms with van der Waals surface area (Å²) < 4.78 is 0. The molecule has 0 fully saturated rings. The molecule has 0 aliphatic rings. The molecule has 0 heterocycles. The number of aliphatic hydroxyl groups excluding tert-OH is 1. The molecule has 26 heavy (non-hydrogen) atoms. The number of nitrogens with one attached hydrogen (secondary N) is 2. The summed E-state index contributed by atoms with van der Waals surface area (Å²) in [5.41, 5.74) is 3.12. The van der Waals surface area contributed by atoms with Crippen LogP contribution in [0.1, 0.15) is 31.9 Å². The molecule has 0 spiro atoms. The predicted molar refractivity (Wildman–Crippen MR) is 109 cm³/mol. The number of amides is 2. The van der Waals surface area contributed by atoms with Crippen molar-refractivity contribution in [3.8, 4) is 0 Å². The van der Waals surface area contributed by atoms with Crippen molar-refractivity contribution in [1.29, 1.82) is 0 Å². The van der Waals surface area contributed by atoms with Crippen LogP contribution in [0.5, 0.6) is 0 Å². The van der Waals surface area contributed by atoms with Crippen LogP contribution in [0.2, 0.25) is 0 Å². The van der Waals surface area contributed by atoms with E-state index in [1.807, 2.05) is 39.0 Å². The molecule has 0 bridgehead atoms. The first kappa shape index (κ1) is 25.6. The van der Waals surface area contributed by atoms with Crippen LogP contribution in [0.4, 0.5) is 0 Å². The number of rotatable bonds is 7. The lowest BCUT2D eigenvalue weighted by Gasteiger charge is -2.02. The van der Waals surface area contributed by atoms with Crippen LogP contribution in [0.3, 0.4) is 0 Å². The molecule has 1 rings (SSSR count). The molecule has 2 amide bonds. The Labute approximate surface area is 157 Å². The Hall–Kier alpha value is -2.66. The van der Waals surface area contributed by atoms with Gasteiger partial charge in [0.05, 0.1) is 0 Å². The van der Waals surface area contributed by atoms with Gasteiger partial charge in [-0.05, 0) is 18.1 Å². The summed E-state index contributed by atoms with van der Waals surface area (Å²) in [6.45, 7) is 15.2. The fraction of sp³-hybridized carbons (Fsp3) is 0.333. The van der Waals surface area contributed by atoms with E-state index in [-0.39, 0.29) is 5.91 Å². The second-order valence-corrected chi connectivity index (χ2v) is 5.09. The summed E-state index contributed by atoms with van der Waals surface area (Å²) in [5, 5.41) is 13.6. The van der Waals surface area contributed by atoms with Crippen molar-refractivity contribution < 1.29 is 14.7 Å². The fourth-order valence-corrected chi connectivity index (χ4v) is 1.58. The molecule has 1 aromatic carbocycles. The third kappa shape index (κ3) is 16.2. The number of allylic oxidation sites excluding steroid dienone is 2. The smallest absolute Gasteiger partial charge is 0.245 e. The van der Waals surface area contributed by atoms with Crippen molar-refractivity contribution in [2.45, 2.75) is 34.2 Å². The summed E-state index contributed by atoms with van der Waals surface area (Å²) >= 11 is 0. The molecule has 0 aliphatic carbocycles. The van der Waals surface area contributed by atoms with Crippen LogP contribution < -0.4 is 10.6 Å². The lowest BCUT2D eigenvalue weighted by molar-refractivity contribution is -0.123. The first-order valence-corrected chi connectivity index (χ1v) is 8.53. The highest BCUT2D eigenvalue weighted by atomic mass is 16.3. The number of carbonyl (C=O) groups is 2. The van der Waals surface area contributed by atoms with Crippen molar-refractivity contribution in [3.63, 3.8) is 0 Å². The van der Waals surface area contributed by atoms with Gasteiger partial charge in [-0.25, -0.2) is 0 Å². The summed E-state index contributed by atoms with van der Waals surface area (Å²) in [7, 11) is 0. The van der Waals surface area contributed by atoms with E-state index in [2.05, 4.69) is 29.9 Å². The third-order valence-corrected chi connectivity index (χ3v) is 2.75. The molecular weight excluding hydrogens is 328 g/mol. The highest BCUT2D eigenvalue weighted by molar-refractivity contribution is 5.77. The van der Waals surface area contributed by atoms with Crippen LogP contribution in [-0.2, 0) is 16.1 Å². The first-order valence-electron chi connectivity index (χ1n) is 8.53. The highest BCUT2D eigenvalue weighted by Crippen LogP contribution is 2.02. The van der Waals surface area contributed by atoms with Crippen molar-refractivity contribution in [3.05, 3.63) is 72.4 Å². The van der Waals surface area contributed by atoms with Gasteiger partial charge in [0, 0.05) is 20.0 Å². The average molecular weight is 360 g/mol. The number of hydrogen-bond acceptors (Lipinski definition) is 3. The lowest BCUT2D eigenvalue weighted by atomic mass is 10.1. The monoisotopic (exact) mass is 360 g/mol. The van der Waals surface area contributed by atoms with Gasteiger partial charge in [-0.3, -0.25) is 9.59 Å². The van der Waals surface area contributed by atoms with Gasteiger partial charge in [0.25, 0.3) is 0 Å². The van der Waals surface area contributed by atoms with E-state index in [1.54, 1.807) is 18.2 Å². The number of benzene rings is 1. The molecule has 0 aromatic heterocycles. The Morgan fingerprint density at radius 3 is 2.38 bits per heavy atom. The van der Waals surface area contributed by atoms with Crippen LogP contribution in [0.25, 0.3) is 0 Å². The van der Waals surface area contributed by atoms with Crippen LogP contribution >= 0.6 is 0 Å². The molecule has 0 unspecified atom stereocenters. The van der Waals surface area contributed by atoms with Crippen molar-refractivity contribution in [1.82, 2.24) is 10.6 Å². The summed E-state index contributed by atoms with van der Waals surface area (Å²) in [4.78, 5) is 21.1. The Kier molecular flexibility index (Phi) is 16.9. The summed E-state index contributed by atoms with van der Waals surface area (Å²) in [6, 6.07) is 8.10. The van der Waals surface area contributed by atoms with Gasteiger partial charge in [-0.1, -0.05) is 75.1 Å². The largest absolute Gasteiger partial charge is 0.387 e. The van der Waals surface area contributed by atoms with Crippen LogP contribution in [0.15, 0.2) is 61.2 Å². The molecule has 1 aromatic rings. The van der Waals surface area contributed by atoms with Crippen molar-refractivity contribution in [2.75, 3.05) is 13.2 Å². The van der Waals surface area contributed by atoms with E-state index in [4.69, 9.17) is 5.11 Å². The Balaban J connectivity index is 0. The van der Waals surface area contributed by atoms with Crippen molar-refractivity contribution >= 4 is 11.8 Å². The minimum absolute atomic E-state index is 0.0107. The van der Waals surface area contributed by atoms with E-state index < -0.39 is 12.5 Å². The number of aliphatic hydroxyl groups is 1. The molecule has 0 saturated carbocycles. The third-order valence-electron chi connectivity index (χ3n) is 2.75. The molecule has 3 N–H and O–H groups in total. The van der Waals surface area contributed by atoms with E-state index in [9.17, 15) is 9.59 Å². The quantitative estimate of drug-likeness (QED) is 0.654. The van der Waals surface area contributed by atoms with Crippen molar-refractivity contribution in [2.24, 2.45) is 0 Å². The van der Waals surface area contributed by atoms with E-state index >= 15 is 0 Å². The minimum atomic E-state index is -0.488. The zero-order valence-electron chi connectivity index (χ0n) is 16.3.